The molecule has 1 aliphatic heterocycles. The summed E-state index contributed by atoms with van der Waals surface area (Å²) in [5, 5.41) is 15.1. The molecule has 7 nitrogen and oxygen atoms in total. The Hall–Kier alpha value is -2.15. The number of nitrogens with one attached hydrogen (secondary N) is 2. The van der Waals surface area contributed by atoms with Crippen LogP contribution in [0.25, 0.3) is 0 Å². The average Bonchev–Trinajstić information content (AvgIpc) is 3.11. The first-order chi connectivity index (χ1) is 11.5. The Morgan fingerprint density at radius 2 is 2.17 bits per heavy atom. The highest BCUT2D eigenvalue weighted by molar-refractivity contribution is 5.77. The molecule has 1 amide bonds. The van der Waals surface area contributed by atoms with Crippen molar-refractivity contribution in [2.24, 2.45) is 13.0 Å². The Morgan fingerprint density at radius 1 is 1.38 bits per heavy atom. The molecule has 2 N–H and O–H groups in total. The summed E-state index contributed by atoms with van der Waals surface area (Å²) < 4.78 is 1.80. The lowest BCUT2D eigenvalue weighted by Gasteiger charge is -2.38. The van der Waals surface area contributed by atoms with Crippen LogP contribution in [0.1, 0.15) is 41.4 Å². The zero-order chi connectivity index (χ0) is 17.3. The van der Waals surface area contributed by atoms with Crippen LogP contribution >= 0.6 is 0 Å². The second kappa shape index (κ2) is 6.76. The van der Waals surface area contributed by atoms with Crippen LogP contribution in [0, 0.1) is 19.8 Å². The molecular formula is C17H26N6O. The van der Waals surface area contributed by atoms with Crippen LogP contribution in [0.5, 0.6) is 0 Å². The number of aryl methyl sites for hydroxylation is 3. The Morgan fingerprint density at radius 3 is 2.79 bits per heavy atom. The second-order valence-corrected chi connectivity index (χ2v) is 6.74. The number of hydrogen-bond donors (Lipinski definition) is 2. The maximum Gasteiger partial charge on any atom is 0.222 e. The van der Waals surface area contributed by atoms with Crippen LogP contribution in [0.3, 0.4) is 0 Å². The molecular weight excluding hydrogens is 304 g/mol. The third kappa shape index (κ3) is 3.21. The molecule has 0 radical (unpaired) electrons. The van der Waals surface area contributed by atoms with E-state index in [1.165, 1.54) is 5.56 Å². The van der Waals surface area contributed by atoms with Crippen molar-refractivity contribution < 1.29 is 4.79 Å². The zero-order valence-electron chi connectivity index (χ0n) is 14.8. The van der Waals surface area contributed by atoms with Gasteiger partial charge in [-0.15, -0.1) is 0 Å². The van der Waals surface area contributed by atoms with Gasteiger partial charge in [0.2, 0.25) is 5.91 Å². The van der Waals surface area contributed by atoms with E-state index in [9.17, 15) is 4.79 Å². The standard InChI is InChI=1S/C17H26N6O/c1-11-15(12(2)21-20-11)9-18-7-13-5-6-16(24)23(4)17(13)14-8-19-22(3)10-14/h8,10,13,17-18H,5-7,9H2,1-4H3,(H,20,21)/t13-,17+/m1/s1. The fourth-order valence-corrected chi connectivity index (χ4v) is 3.63. The molecule has 0 bridgehead atoms. The van der Waals surface area contributed by atoms with E-state index < -0.39 is 0 Å². The number of carbonyl (C=O) groups excluding carboxylic acids is 1. The molecule has 1 fully saturated rings. The van der Waals surface area contributed by atoms with Crippen molar-refractivity contribution in [1.82, 2.24) is 30.2 Å². The number of likely N-dealkylation sites (tertiary alicyclic amines) is 1. The molecule has 2 aromatic rings. The molecule has 1 aliphatic rings. The normalized spacial score (nSPS) is 21.5. The summed E-state index contributed by atoms with van der Waals surface area (Å²) in [6.45, 7) is 5.72. The van der Waals surface area contributed by atoms with Crippen molar-refractivity contribution in [2.75, 3.05) is 13.6 Å². The Kier molecular flexibility index (Phi) is 4.71. The van der Waals surface area contributed by atoms with E-state index in [4.69, 9.17) is 0 Å². The SMILES string of the molecule is Cc1n[nH]c(C)c1CNC[C@H]1CCC(=O)N(C)[C@@H]1c1cnn(C)c1. The van der Waals surface area contributed by atoms with E-state index in [0.717, 1.165) is 36.5 Å². The highest BCUT2D eigenvalue weighted by atomic mass is 16.2. The number of aromatic amines is 1. The van der Waals surface area contributed by atoms with Gasteiger partial charge in [0.25, 0.3) is 0 Å². The highest BCUT2D eigenvalue weighted by Crippen LogP contribution is 2.35. The predicted molar refractivity (Wildman–Crippen MR) is 91.2 cm³/mol. The number of hydrogen-bond acceptors (Lipinski definition) is 4. The van der Waals surface area contributed by atoms with Gasteiger partial charge in [0.05, 0.1) is 17.9 Å². The predicted octanol–water partition coefficient (Wildman–Crippen LogP) is 1.46. The molecule has 2 atom stereocenters. The van der Waals surface area contributed by atoms with Crippen molar-refractivity contribution >= 4 is 5.91 Å². The molecule has 0 spiro atoms. The van der Waals surface area contributed by atoms with Gasteiger partial charge in [0.15, 0.2) is 0 Å². The first-order valence-corrected chi connectivity index (χ1v) is 8.42. The number of aromatic nitrogens is 4. The summed E-state index contributed by atoms with van der Waals surface area (Å²) >= 11 is 0. The summed E-state index contributed by atoms with van der Waals surface area (Å²) in [7, 11) is 3.81. The minimum absolute atomic E-state index is 0.0824. The van der Waals surface area contributed by atoms with E-state index in [1.54, 1.807) is 4.68 Å². The third-order valence-electron chi connectivity index (χ3n) is 5.04. The van der Waals surface area contributed by atoms with Gasteiger partial charge in [0.1, 0.15) is 0 Å². The lowest BCUT2D eigenvalue weighted by molar-refractivity contribution is -0.137. The average molecular weight is 330 g/mol. The molecule has 7 heteroatoms. The lowest BCUT2D eigenvalue weighted by atomic mass is 9.85. The molecule has 3 heterocycles. The van der Waals surface area contributed by atoms with Crippen LogP contribution in [0.4, 0.5) is 0 Å². The van der Waals surface area contributed by atoms with Crippen molar-refractivity contribution in [3.8, 4) is 0 Å². The summed E-state index contributed by atoms with van der Waals surface area (Å²) in [4.78, 5) is 14.0. The van der Waals surface area contributed by atoms with Gasteiger partial charge in [-0.05, 0) is 26.2 Å². The number of nitrogens with zero attached hydrogens (tertiary/aromatic N) is 4. The topological polar surface area (TPSA) is 78.8 Å². The van der Waals surface area contributed by atoms with Gasteiger partial charge in [-0.3, -0.25) is 14.6 Å². The fraction of sp³-hybridized carbons (Fsp3) is 0.588. The first-order valence-electron chi connectivity index (χ1n) is 8.42. The third-order valence-corrected chi connectivity index (χ3v) is 5.04. The van der Waals surface area contributed by atoms with Crippen LogP contribution < -0.4 is 5.32 Å². The Balaban J connectivity index is 1.69. The molecule has 1 saturated heterocycles. The zero-order valence-corrected chi connectivity index (χ0v) is 14.8. The van der Waals surface area contributed by atoms with Crippen molar-refractivity contribution in [2.45, 2.75) is 39.3 Å². The maximum absolute atomic E-state index is 12.1. The molecule has 24 heavy (non-hydrogen) atoms. The highest BCUT2D eigenvalue weighted by Gasteiger charge is 2.35. The largest absolute Gasteiger partial charge is 0.338 e. The number of amides is 1. The van der Waals surface area contributed by atoms with Crippen LogP contribution in [0.2, 0.25) is 0 Å². The molecule has 2 aromatic heterocycles. The molecule has 0 aliphatic carbocycles. The van der Waals surface area contributed by atoms with Gasteiger partial charge in [0, 0.05) is 56.6 Å². The van der Waals surface area contributed by atoms with Crippen LogP contribution in [-0.4, -0.2) is 44.4 Å². The lowest BCUT2D eigenvalue weighted by Crippen LogP contribution is -2.43. The minimum atomic E-state index is 0.0824. The van der Waals surface area contributed by atoms with Crippen LogP contribution in [0.15, 0.2) is 12.4 Å². The summed E-state index contributed by atoms with van der Waals surface area (Å²) in [5.74, 6) is 0.589. The van der Waals surface area contributed by atoms with Gasteiger partial charge in [-0.1, -0.05) is 0 Å². The van der Waals surface area contributed by atoms with Gasteiger partial charge < -0.3 is 10.2 Å². The molecule has 0 saturated carbocycles. The maximum atomic E-state index is 12.1. The number of piperidine rings is 1. The number of H-pyrrole nitrogens is 1. The number of rotatable bonds is 5. The van der Waals surface area contributed by atoms with Crippen LogP contribution in [-0.2, 0) is 18.4 Å². The van der Waals surface area contributed by atoms with E-state index in [2.05, 4.69) is 20.6 Å². The Labute approximate surface area is 142 Å². The summed E-state index contributed by atoms with van der Waals surface area (Å²) in [6, 6.07) is 0.0824. The quantitative estimate of drug-likeness (QED) is 0.870. The first kappa shape index (κ1) is 16.7. The smallest absolute Gasteiger partial charge is 0.222 e. The van der Waals surface area contributed by atoms with Gasteiger partial charge in [-0.2, -0.15) is 10.2 Å². The van der Waals surface area contributed by atoms with E-state index >= 15 is 0 Å². The van der Waals surface area contributed by atoms with Gasteiger partial charge >= 0.3 is 0 Å². The van der Waals surface area contributed by atoms with Gasteiger partial charge in [-0.25, -0.2) is 0 Å². The van der Waals surface area contributed by atoms with Crippen molar-refractivity contribution in [3.63, 3.8) is 0 Å². The van der Waals surface area contributed by atoms with Crippen molar-refractivity contribution in [1.29, 1.82) is 0 Å². The molecule has 3 rings (SSSR count). The monoisotopic (exact) mass is 330 g/mol. The minimum Gasteiger partial charge on any atom is -0.338 e. The van der Waals surface area contributed by atoms with E-state index in [1.807, 2.05) is 45.2 Å². The molecule has 0 aromatic carbocycles. The second-order valence-electron chi connectivity index (χ2n) is 6.74. The number of carbonyl (C=O) groups is 1. The fourth-order valence-electron chi connectivity index (χ4n) is 3.63. The van der Waals surface area contributed by atoms with E-state index in [-0.39, 0.29) is 11.9 Å². The van der Waals surface area contributed by atoms with E-state index in [0.29, 0.717) is 12.3 Å². The summed E-state index contributed by atoms with van der Waals surface area (Å²) in [6.07, 6.45) is 5.40. The summed E-state index contributed by atoms with van der Waals surface area (Å²) in [5.41, 5.74) is 4.49. The Bertz CT molecular complexity index is 699. The molecule has 0 unspecified atom stereocenters. The van der Waals surface area contributed by atoms with Crippen molar-refractivity contribution in [3.05, 3.63) is 34.9 Å². The molecule has 130 valence electrons.